The Labute approximate surface area is 263 Å². The SMILES string of the molecule is COc1ccc2c(c1)C1CC1(C(=O)N1C[C@@H]3CNC[C@H]31)Cn1c-2c(C2CCCCC2)c2ccc(C(=O)NS(=O)(=O)C3CC3)cc21. The van der Waals surface area contributed by atoms with E-state index in [1.807, 2.05) is 18.2 Å². The van der Waals surface area contributed by atoms with Gasteiger partial charge in [0.05, 0.1) is 23.5 Å². The summed E-state index contributed by atoms with van der Waals surface area (Å²) in [5.74, 6) is 1.45. The second-order valence-corrected chi connectivity index (χ2v) is 16.4. The Morgan fingerprint density at radius 2 is 1.84 bits per heavy atom. The van der Waals surface area contributed by atoms with Gasteiger partial charge in [-0.1, -0.05) is 25.3 Å². The number of ether oxygens (including phenoxy) is 1. The normalized spacial score (nSPS) is 28.7. The zero-order chi connectivity index (χ0) is 30.7. The number of benzene rings is 2. The van der Waals surface area contributed by atoms with Gasteiger partial charge in [0.1, 0.15) is 5.75 Å². The molecule has 6 aliphatic rings. The standard InChI is InChI=1S/C35H40N4O5S/c1-44-23-8-12-25-27(14-23)28-15-35(28,34(41)38-18-22-16-36-17-30(22)38)19-39-29-13-21(33(40)37-45(42,43)24-9-10-24)7-11-26(29)31(32(25)39)20-5-3-2-4-6-20/h7-8,11-14,20,22,24,28,30,36H,2-6,9-10,15-19H2,1H3,(H,37,40)/t22-,28?,30+,35?/m0/s1. The van der Waals surface area contributed by atoms with Crippen LogP contribution in [0.25, 0.3) is 22.2 Å². The van der Waals surface area contributed by atoms with Crippen molar-refractivity contribution in [3.63, 3.8) is 0 Å². The quantitative estimate of drug-likeness (QED) is 0.416. The molecule has 2 amide bonds. The third kappa shape index (κ3) is 4.17. The van der Waals surface area contributed by atoms with Crippen molar-refractivity contribution in [3.05, 3.63) is 53.1 Å². The molecule has 45 heavy (non-hydrogen) atoms. The number of fused-ring (bicyclic) bond motifs is 8. The molecule has 236 valence electrons. The Kier molecular flexibility index (Phi) is 6.09. The molecule has 0 spiro atoms. The van der Waals surface area contributed by atoms with Crippen molar-refractivity contribution >= 4 is 32.7 Å². The van der Waals surface area contributed by atoms with Crippen LogP contribution in [0.1, 0.15) is 84.7 Å². The Morgan fingerprint density at radius 3 is 2.60 bits per heavy atom. The van der Waals surface area contributed by atoms with Gasteiger partial charge in [0.2, 0.25) is 15.9 Å². The fourth-order valence-electron chi connectivity index (χ4n) is 9.11. The van der Waals surface area contributed by atoms with E-state index in [1.165, 1.54) is 30.4 Å². The molecule has 0 bridgehead atoms. The largest absolute Gasteiger partial charge is 0.497 e. The van der Waals surface area contributed by atoms with Crippen LogP contribution in [0.4, 0.5) is 0 Å². The molecular formula is C35H40N4O5S. The van der Waals surface area contributed by atoms with Crippen LogP contribution in [0.5, 0.6) is 5.75 Å². The average molecular weight is 629 g/mol. The van der Waals surface area contributed by atoms with Crippen molar-refractivity contribution < 1.29 is 22.7 Å². The van der Waals surface area contributed by atoms with Gasteiger partial charge < -0.3 is 19.5 Å². The third-order valence-electron chi connectivity index (χ3n) is 11.8. The van der Waals surface area contributed by atoms with Gasteiger partial charge in [-0.05, 0) is 79.5 Å². The summed E-state index contributed by atoms with van der Waals surface area (Å²) in [6.45, 7) is 3.18. The van der Waals surface area contributed by atoms with Gasteiger partial charge in [-0.25, -0.2) is 13.1 Å². The van der Waals surface area contributed by atoms with Gasteiger partial charge >= 0.3 is 0 Å². The fourth-order valence-corrected chi connectivity index (χ4v) is 10.4. The summed E-state index contributed by atoms with van der Waals surface area (Å²) in [5, 5.41) is 4.09. The number of hydrogen-bond acceptors (Lipinski definition) is 6. The first-order chi connectivity index (χ1) is 21.8. The second-order valence-electron chi connectivity index (χ2n) is 14.4. The lowest BCUT2D eigenvalue weighted by molar-refractivity contribution is -0.148. The molecule has 4 atom stereocenters. The Morgan fingerprint density at radius 1 is 1.02 bits per heavy atom. The van der Waals surface area contributed by atoms with Gasteiger partial charge in [-0.3, -0.25) is 9.59 Å². The van der Waals surface area contributed by atoms with Gasteiger partial charge in [0.25, 0.3) is 5.91 Å². The van der Waals surface area contributed by atoms with E-state index >= 15 is 0 Å². The predicted octanol–water partition coefficient (Wildman–Crippen LogP) is 4.50. The number of rotatable bonds is 6. The molecule has 3 aliphatic heterocycles. The summed E-state index contributed by atoms with van der Waals surface area (Å²) in [6, 6.07) is 12.3. The molecule has 0 radical (unpaired) electrons. The predicted molar refractivity (Wildman–Crippen MR) is 171 cm³/mol. The molecule has 9 rings (SSSR count). The summed E-state index contributed by atoms with van der Waals surface area (Å²) in [4.78, 5) is 30.1. The van der Waals surface area contributed by atoms with Crippen LogP contribution >= 0.6 is 0 Å². The summed E-state index contributed by atoms with van der Waals surface area (Å²) in [5.41, 5.74) is 5.46. The summed E-state index contributed by atoms with van der Waals surface area (Å²) in [7, 11) is -1.99. The lowest BCUT2D eigenvalue weighted by atomic mass is 9.81. The maximum absolute atomic E-state index is 14.6. The zero-order valence-corrected chi connectivity index (χ0v) is 26.5. The highest BCUT2D eigenvalue weighted by atomic mass is 32.2. The van der Waals surface area contributed by atoms with Crippen molar-refractivity contribution in [3.8, 4) is 17.0 Å². The molecule has 2 saturated heterocycles. The van der Waals surface area contributed by atoms with Crippen LogP contribution in [-0.2, 0) is 21.4 Å². The molecular weight excluding hydrogens is 588 g/mol. The lowest BCUT2D eigenvalue weighted by Crippen LogP contribution is -2.60. The van der Waals surface area contributed by atoms with E-state index in [1.54, 1.807) is 13.2 Å². The van der Waals surface area contributed by atoms with Crippen LogP contribution in [0, 0.1) is 11.3 Å². The molecule has 10 heteroatoms. The minimum atomic E-state index is -3.68. The highest BCUT2D eigenvalue weighted by molar-refractivity contribution is 7.91. The number of sulfonamides is 1. The van der Waals surface area contributed by atoms with Crippen LogP contribution in [0.3, 0.4) is 0 Å². The van der Waals surface area contributed by atoms with E-state index < -0.39 is 26.6 Å². The maximum Gasteiger partial charge on any atom is 0.264 e. The van der Waals surface area contributed by atoms with Gasteiger partial charge in [-0.15, -0.1) is 0 Å². The number of likely N-dealkylation sites (tertiary alicyclic amines) is 1. The number of carbonyl (C=O) groups excluding carboxylic acids is 2. The van der Waals surface area contributed by atoms with E-state index in [4.69, 9.17) is 4.74 Å². The lowest BCUT2D eigenvalue weighted by Gasteiger charge is -2.45. The monoisotopic (exact) mass is 628 g/mol. The van der Waals surface area contributed by atoms with Crippen molar-refractivity contribution in [2.75, 3.05) is 26.7 Å². The molecule has 3 aliphatic carbocycles. The van der Waals surface area contributed by atoms with Crippen molar-refractivity contribution in [1.29, 1.82) is 0 Å². The van der Waals surface area contributed by atoms with E-state index in [0.717, 1.165) is 66.8 Å². The molecule has 3 aromatic rings. The van der Waals surface area contributed by atoms with E-state index in [9.17, 15) is 18.0 Å². The van der Waals surface area contributed by atoms with Gasteiger partial charge in [0.15, 0.2) is 0 Å². The fraction of sp³-hybridized carbons (Fsp3) is 0.543. The van der Waals surface area contributed by atoms with Crippen LogP contribution < -0.4 is 14.8 Å². The maximum atomic E-state index is 14.6. The summed E-state index contributed by atoms with van der Waals surface area (Å²) < 4.78 is 35.7. The molecule has 2 aromatic carbocycles. The second kappa shape index (κ2) is 9.82. The number of nitrogens with zero attached hydrogens (tertiary/aromatic N) is 2. The van der Waals surface area contributed by atoms with Crippen molar-refractivity contribution in [2.45, 2.75) is 81.0 Å². The number of nitrogens with one attached hydrogen (secondary N) is 2. The molecule has 5 fully saturated rings. The van der Waals surface area contributed by atoms with Crippen molar-refractivity contribution in [2.24, 2.45) is 11.3 Å². The first-order valence-electron chi connectivity index (χ1n) is 16.7. The Hall–Kier alpha value is -3.37. The minimum absolute atomic E-state index is 0.0906. The van der Waals surface area contributed by atoms with Crippen LogP contribution in [-0.4, -0.2) is 67.7 Å². The highest BCUT2D eigenvalue weighted by Gasteiger charge is 2.66. The first-order valence-corrected chi connectivity index (χ1v) is 18.3. The first kappa shape index (κ1) is 27.9. The smallest absolute Gasteiger partial charge is 0.264 e. The number of aromatic nitrogens is 1. The summed E-state index contributed by atoms with van der Waals surface area (Å²) in [6.07, 6.45) is 7.79. The number of methoxy groups -OCH3 is 1. The van der Waals surface area contributed by atoms with E-state index in [2.05, 4.69) is 31.6 Å². The molecule has 2 unspecified atom stereocenters. The molecule has 3 saturated carbocycles. The van der Waals surface area contributed by atoms with Crippen LogP contribution in [0.2, 0.25) is 0 Å². The van der Waals surface area contributed by atoms with E-state index in [0.29, 0.717) is 36.8 Å². The topological polar surface area (TPSA) is 110 Å². The number of hydrogen-bond donors (Lipinski definition) is 2. The highest BCUT2D eigenvalue weighted by Crippen LogP contribution is 2.66. The van der Waals surface area contributed by atoms with Gasteiger partial charge in [0, 0.05) is 66.1 Å². The van der Waals surface area contributed by atoms with Crippen LogP contribution in [0.15, 0.2) is 36.4 Å². The van der Waals surface area contributed by atoms with E-state index in [-0.39, 0.29) is 17.9 Å². The Balaban J connectivity index is 1.22. The molecule has 2 N–H and O–H groups in total. The zero-order valence-electron chi connectivity index (χ0n) is 25.7. The van der Waals surface area contributed by atoms with Gasteiger partial charge in [-0.2, -0.15) is 0 Å². The number of carbonyl (C=O) groups is 2. The Bertz CT molecular complexity index is 1870. The molecule has 1 aromatic heterocycles. The molecule has 4 heterocycles. The molecule has 9 nitrogen and oxygen atoms in total. The average Bonchev–Trinajstić information content (AvgIpc) is 3.95. The third-order valence-corrected chi connectivity index (χ3v) is 13.6. The van der Waals surface area contributed by atoms with Crippen molar-refractivity contribution in [1.82, 2.24) is 19.5 Å². The summed E-state index contributed by atoms with van der Waals surface area (Å²) >= 11 is 0. The number of amides is 2. The minimum Gasteiger partial charge on any atom is -0.497 e.